The van der Waals surface area contributed by atoms with Crippen LogP contribution in [-0.4, -0.2) is 19.3 Å². The van der Waals surface area contributed by atoms with Crippen molar-refractivity contribution in [2.24, 2.45) is 5.73 Å². The first kappa shape index (κ1) is 10.8. The lowest BCUT2D eigenvalue weighted by molar-refractivity contribution is 1.02. The van der Waals surface area contributed by atoms with Crippen LogP contribution in [0.5, 0.6) is 0 Å². The maximum Gasteiger partial charge on any atom is 0.0487 e. The summed E-state index contributed by atoms with van der Waals surface area (Å²) in [6, 6.07) is 8.27. The second kappa shape index (κ2) is 6.18. The van der Waals surface area contributed by atoms with Crippen LogP contribution in [0, 0.1) is 0 Å². The zero-order valence-electron chi connectivity index (χ0n) is 7.62. The Morgan fingerprint density at radius 1 is 1.38 bits per heavy atom. The van der Waals surface area contributed by atoms with Crippen LogP contribution in [0.2, 0.25) is 0 Å². The van der Waals surface area contributed by atoms with E-state index in [1.807, 2.05) is 12.1 Å². The highest BCUT2D eigenvalue weighted by Crippen LogP contribution is 2.33. The Kier molecular flexibility index (Phi) is 5.12. The van der Waals surface area contributed by atoms with Crippen LogP contribution < -0.4 is 11.1 Å². The fraction of sp³-hybridized carbons (Fsp3) is 0.333. The van der Waals surface area contributed by atoms with E-state index in [4.69, 9.17) is 5.73 Å². The molecule has 0 bridgehead atoms. The van der Waals surface area contributed by atoms with Crippen molar-refractivity contribution >= 4 is 27.3 Å². The van der Waals surface area contributed by atoms with Crippen LogP contribution in [-0.2, 0) is 0 Å². The molecule has 0 spiro atoms. The van der Waals surface area contributed by atoms with Crippen molar-refractivity contribution in [3.63, 3.8) is 0 Å². The minimum absolute atomic E-state index is 0.665. The van der Waals surface area contributed by atoms with Crippen molar-refractivity contribution in [1.82, 2.24) is 0 Å². The molecule has 3 N–H and O–H groups in total. The summed E-state index contributed by atoms with van der Waals surface area (Å²) in [7, 11) is 3.51. The number of para-hydroxylation sites is 1. The summed E-state index contributed by atoms with van der Waals surface area (Å²) < 4.78 is 0. The lowest BCUT2D eigenvalue weighted by atomic mass is 10.3. The molecular formula is C9H14N2S2. The molecule has 13 heavy (non-hydrogen) atoms. The Labute approximate surface area is 87.1 Å². The monoisotopic (exact) mass is 214 g/mol. The molecule has 1 aromatic rings. The molecule has 0 saturated carbocycles. The van der Waals surface area contributed by atoms with E-state index in [1.165, 1.54) is 10.6 Å². The highest BCUT2D eigenvalue weighted by molar-refractivity contribution is 8.76. The molecule has 4 heteroatoms. The van der Waals surface area contributed by atoms with E-state index in [0.29, 0.717) is 6.54 Å². The number of anilines is 1. The third kappa shape index (κ3) is 3.50. The molecule has 0 aliphatic rings. The molecular weight excluding hydrogens is 200 g/mol. The summed E-state index contributed by atoms with van der Waals surface area (Å²) in [6.45, 7) is 1.49. The van der Waals surface area contributed by atoms with E-state index >= 15 is 0 Å². The van der Waals surface area contributed by atoms with Crippen molar-refractivity contribution < 1.29 is 0 Å². The highest BCUT2D eigenvalue weighted by Gasteiger charge is 1.99. The molecule has 0 aliphatic carbocycles. The molecule has 0 aliphatic heterocycles. The predicted molar refractivity (Wildman–Crippen MR) is 63.4 cm³/mol. The standard InChI is InChI=1S/C9H14N2S2/c1-12-13-9-5-3-2-4-8(9)11-7-6-10/h2-5,11H,6-7,10H2,1H3. The molecule has 2 nitrogen and oxygen atoms in total. The number of hydrogen-bond acceptors (Lipinski definition) is 4. The molecule has 0 heterocycles. The highest BCUT2D eigenvalue weighted by atomic mass is 33.1. The smallest absolute Gasteiger partial charge is 0.0487 e. The molecule has 0 atom stereocenters. The van der Waals surface area contributed by atoms with Crippen molar-refractivity contribution in [2.45, 2.75) is 4.90 Å². The van der Waals surface area contributed by atoms with Crippen LogP contribution in [0.1, 0.15) is 0 Å². The van der Waals surface area contributed by atoms with E-state index in [-0.39, 0.29) is 0 Å². The number of hydrogen-bond donors (Lipinski definition) is 2. The summed E-state index contributed by atoms with van der Waals surface area (Å²) in [6.07, 6.45) is 2.07. The maximum atomic E-state index is 5.43. The summed E-state index contributed by atoms with van der Waals surface area (Å²) in [5.74, 6) is 0. The minimum Gasteiger partial charge on any atom is -0.383 e. The first-order valence-corrected chi connectivity index (χ1v) is 6.68. The molecule has 0 saturated heterocycles. The lowest BCUT2D eigenvalue weighted by Crippen LogP contribution is -2.13. The molecule has 0 fully saturated rings. The third-order valence-electron chi connectivity index (χ3n) is 1.52. The summed E-state index contributed by atoms with van der Waals surface area (Å²) >= 11 is 0. The Balaban J connectivity index is 2.66. The van der Waals surface area contributed by atoms with Crippen LogP contribution in [0.4, 0.5) is 5.69 Å². The molecule has 1 aromatic carbocycles. The van der Waals surface area contributed by atoms with Gasteiger partial charge in [-0.1, -0.05) is 33.7 Å². The number of benzene rings is 1. The van der Waals surface area contributed by atoms with Crippen LogP contribution >= 0.6 is 21.6 Å². The zero-order chi connectivity index (χ0) is 9.52. The summed E-state index contributed by atoms with van der Waals surface area (Å²) in [5.41, 5.74) is 6.60. The minimum atomic E-state index is 0.665. The Morgan fingerprint density at radius 2 is 2.15 bits per heavy atom. The van der Waals surface area contributed by atoms with Gasteiger partial charge in [-0.15, -0.1) is 0 Å². The lowest BCUT2D eigenvalue weighted by Gasteiger charge is -2.08. The van der Waals surface area contributed by atoms with Gasteiger partial charge < -0.3 is 11.1 Å². The van der Waals surface area contributed by atoms with E-state index in [1.54, 1.807) is 21.6 Å². The second-order valence-electron chi connectivity index (χ2n) is 2.46. The SMILES string of the molecule is CSSc1ccccc1NCCN. The largest absolute Gasteiger partial charge is 0.383 e. The Bertz CT molecular complexity index is 253. The van der Waals surface area contributed by atoms with Gasteiger partial charge in [-0.2, -0.15) is 0 Å². The van der Waals surface area contributed by atoms with Gasteiger partial charge in [0.2, 0.25) is 0 Å². The fourth-order valence-electron chi connectivity index (χ4n) is 0.982. The van der Waals surface area contributed by atoms with Gasteiger partial charge in [-0.25, -0.2) is 0 Å². The van der Waals surface area contributed by atoms with Gasteiger partial charge in [0.25, 0.3) is 0 Å². The summed E-state index contributed by atoms with van der Waals surface area (Å²) in [5, 5.41) is 3.29. The van der Waals surface area contributed by atoms with Crippen molar-refractivity contribution in [1.29, 1.82) is 0 Å². The number of nitrogens with two attached hydrogens (primary N) is 1. The molecule has 0 aromatic heterocycles. The molecule has 0 unspecified atom stereocenters. The van der Waals surface area contributed by atoms with Gasteiger partial charge in [0, 0.05) is 23.7 Å². The van der Waals surface area contributed by atoms with Gasteiger partial charge in [-0.05, 0) is 18.4 Å². The maximum absolute atomic E-state index is 5.43. The average molecular weight is 214 g/mol. The third-order valence-corrected chi connectivity index (χ3v) is 3.26. The van der Waals surface area contributed by atoms with Crippen LogP contribution in [0.3, 0.4) is 0 Å². The normalized spacial score (nSPS) is 10.0. The Morgan fingerprint density at radius 3 is 2.85 bits per heavy atom. The first-order valence-electron chi connectivity index (χ1n) is 4.12. The van der Waals surface area contributed by atoms with Crippen molar-refractivity contribution in [3.05, 3.63) is 24.3 Å². The summed E-state index contributed by atoms with van der Waals surface area (Å²) in [4.78, 5) is 1.27. The average Bonchev–Trinajstić information content (AvgIpc) is 2.17. The number of nitrogens with one attached hydrogen (secondary N) is 1. The van der Waals surface area contributed by atoms with Crippen molar-refractivity contribution in [3.8, 4) is 0 Å². The van der Waals surface area contributed by atoms with Crippen LogP contribution in [0.25, 0.3) is 0 Å². The molecule has 0 radical (unpaired) electrons. The fourth-order valence-corrected chi connectivity index (χ4v) is 2.50. The topological polar surface area (TPSA) is 38.0 Å². The number of rotatable bonds is 5. The first-order chi connectivity index (χ1) is 6.38. The zero-order valence-corrected chi connectivity index (χ0v) is 9.25. The molecule has 72 valence electrons. The molecule has 1 rings (SSSR count). The van der Waals surface area contributed by atoms with Crippen molar-refractivity contribution in [2.75, 3.05) is 24.7 Å². The van der Waals surface area contributed by atoms with Gasteiger partial charge in [0.15, 0.2) is 0 Å². The molecule has 0 amide bonds. The van der Waals surface area contributed by atoms with Gasteiger partial charge in [0.05, 0.1) is 0 Å². The Hall–Kier alpha value is -0.320. The quantitative estimate of drug-likeness (QED) is 0.738. The van der Waals surface area contributed by atoms with Gasteiger partial charge >= 0.3 is 0 Å². The van der Waals surface area contributed by atoms with E-state index in [0.717, 1.165) is 6.54 Å². The van der Waals surface area contributed by atoms with Gasteiger partial charge in [0.1, 0.15) is 0 Å². The van der Waals surface area contributed by atoms with E-state index < -0.39 is 0 Å². The van der Waals surface area contributed by atoms with E-state index in [2.05, 4.69) is 23.7 Å². The van der Waals surface area contributed by atoms with Gasteiger partial charge in [-0.3, -0.25) is 0 Å². The van der Waals surface area contributed by atoms with E-state index in [9.17, 15) is 0 Å². The predicted octanol–water partition coefficient (Wildman–Crippen LogP) is 2.43. The van der Waals surface area contributed by atoms with Crippen LogP contribution in [0.15, 0.2) is 29.2 Å². The second-order valence-corrected chi connectivity index (χ2v) is 4.90.